The van der Waals surface area contributed by atoms with Gasteiger partial charge in [-0.05, 0) is 45.2 Å². The first-order valence-corrected chi connectivity index (χ1v) is 7.47. The molecule has 0 saturated heterocycles. The molecule has 1 radical (unpaired) electrons. The first-order chi connectivity index (χ1) is 10.9. The molecule has 0 aliphatic carbocycles. The predicted octanol–water partition coefficient (Wildman–Crippen LogP) is 5.97. The van der Waals surface area contributed by atoms with E-state index in [1.165, 1.54) is 27.5 Å². The molecule has 0 spiro atoms. The van der Waals surface area contributed by atoms with Crippen LogP contribution in [0, 0.1) is 6.07 Å². The molecule has 0 unspecified atom stereocenters. The molecule has 4 aromatic rings. The summed E-state index contributed by atoms with van der Waals surface area (Å²) in [6, 6.07) is 35.2. The van der Waals surface area contributed by atoms with Crippen LogP contribution in [0.4, 0.5) is 0 Å². The van der Waals surface area contributed by atoms with E-state index < -0.39 is 0 Å². The molecule has 103 valence electrons. The van der Waals surface area contributed by atoms with Crippen molar-refractivity contribution in [1.29, 1.82) is 0 Å². The Morgan fingerprint density at radius 3 is 2.18 bits per heavy atom. The molecule has 0 aliphatic heterocycles. The van der Waals surface area contributed by atoms with Crippen molar-refractivity contribution in [3.05, 3.63) is 97.1 Å². The molecule has 22 heavy (non-hydrogen) atoms. The van der Waals surface area contributed by atoms with Gasteiger partial charge in [-0.15, -0.1) is 0 Å². The van der Waals surface area contributed by atoms with Crippen molar-refractivity contribution in [2.24, 2.45) is 0 Å². The van der Waals surface area contributed by atoms with Gasteiger partial charge < -0.3 is 0 Å². The molecule has 4 rings (SSSR count). The average molecular weight is 279 g/mol. The molecule has 0 atom stereocenters. The Kier molecular flexibility index (Phi) is 3.21. The summed E-state index contributed by atoms with van der Waals surface area (Å²) in [4.78, 5) is 0. The molecule has 0 bridgehead atoms. The lowest BCUT2D eigenvalue weighted by atomic mass is 9.93. The smallest absolute Gasteiger partial charge is 0.00266 e. The van der Waals surface area contributed by atoms with Crippen LogP contribution < -0.4 is 0 Å². The molecule has 0 N–H and O–H groups in total. The third kappa shape index (κ3) is 2.29. The van der Waals surface area contributed by atoms with Gasteiger partial charge in [0.15, 0.2) is 0 Å². The van der Waals surface area contributed by atoms with E-state index in [0.717, 1.165) is 5.56 Å². The Labute approximate surface area is 130 Å². The van der Waals surface area contributed by atoms with Crippen LogP contribution in [0.3, 0.4) is 0 Å². The summed E-state index contributed by atoms with van der Waals surface area (Å²) in [7, 11) is 0. The van der Waals surface area contributed by atoms with E-state index in [9.17, 15) is 0 Å². The van der Waals surface area contributed by atoms with Crippen molar-refractivity contribution in [2.45, 2.75) is 0 Å². The van der Waals surface area contributed by atoms with Crippen LogP contribution in [0.25, 0.3) is 33.0 Å². The molecular weight excluding hydrogens is 264 g/mol. The molecule has 0 nitrogen and oxygen atoms in total. The third-order valence-corrected chi connectivity index (χ3v) is 3.98. The van der Waals surface area contributed by atoms with E-state index in [1.54, 1.807) is 0 Å². The first-order valence-electron chi connectivity index (χ1n) is 7.47. The van der Waals surface area contributed by atoms with Crippen molar-refractivity contribution in [3.63, 3.8) is 0 Å². The van der Waals surface area contributed by atoms with Crippen LogP contribution in [-0.2, 0) is 0 Å². The molecule has 0 aliphatic rings. The predicted molar refractivity (Wildman–Crippen MR) is 93.7 cm³/mol. The lowest BCUT2D eigenvalue weighted by Gasteiger charge is -2.10. The topological polar surface area (TPSA) is 0 Å². The van der Waals surface area contributed by atoms with Crippen LogP contribution in [0.15, 0.2) is 91.0 Å². The molecule has 0 fully saturated rings. The zero-order valence-electron chi connectivity index (χ0n) is 12.2. The van der Waals surface area contributed by atoms with Crippen LogP contribution >= 0.6 is 0 Å². The summed E-state index contributed by atoms with van der Waals surface area (Å²) >= 11 is 0. The van der Waals surface area contributed by atoms with Gasteiger partial charge in [0.2, 0.25) is 0 Å². The molecular formula is C22H15. The van der Waals surface area contributed by atoms with E-state index in [2.05, 4.69) is 84.9 Å². The highest BCUT2D eigenvalue weighted by Gasteiger charge is 2.07. The Hall–Kier alpha value is -2.86. The fourth-order valence-corrected chi connectivity index (χ4v) is 2.88. The summed E-state index contributed by atoms with van der Waals surface area (Å²) in [5.74, 6) is 0. The maximum atomic E-state index is 3.40. The van der Waals surface area contributed by atoms with Crippen molar-refractivity contribution in [1.82, 2.24) is 0 Å². The van der Waals surface area contributed by atoms with Gasteiger partial charge in [-0.3, -0.25) is 0 Å². The summed E-state index contributed by atoms with van der Waals surface area (Å²) in [6.45, 7) is 0. The molecule has 0 heterocycles. The number of benzene rings is 4. The highest BCUT2D eigenvalue weighted by Crippen LogP contribution is 2.33. The second kappa shape index (κ2) is 5.50. The van der Waals surface area contributed by atoms with Gasteiger partial charge in [-0.2, -0.15) is 0 Å². The largest absolute Gasteiger partial charge is 0.0622 e. The minimum Gasteiger partial charge on any atom is -0.0622 e. The fraction of sp³-hybridized carbons (Fsp3) is 0. The van der Waals surface area contributed by atoms with Gasteiger partial charge in [0, 0.05) is 0 Å². The monoisotopic (exact) mass is 279 g/mol. The summed E-state index contributed by atoms with van der Waals surface area (Å²) in [5, 5.41) is 2.54. The Balaban J connectivity index is 1.92. The first kappa shape index (κ1) is 12.8. The molecule has 0 aromatic heterocycles. The molecule has 0 amide bonds. The standard InChI is InChI=1S/C22H15/c1-2-9-18(10-3-1)21-12-6-7-13-22(21)20-15-14-17-8-4-5-11-19(17)16-20/h1-11,13-16H. The van der Waals surface area contributed by atoms with Crippen molar-refractivity contribution >= 4 is 10.8 Å². The van der Waals surface area contributed by atoms with Gasteiger partial charge in [0.25, 0.3) is 0 Å². The Bertz CT molecular complexity index is 920. The van der Waals surface area contributed by atoms with Crippen LogP contribution in [0.2, 0.25) is 0 Å². The van der Waals surface area contributed by atoms with Gasteiger partial charge in [0.1, 0.15) is 0 Å². The van der Waals surface area contributed by atoms with Gasteiger partial charge in [-0.25, -0.2) is 0 Å². The molecule has 0 saturated carbocycles. The van der Waals surface area contributed by atoms with Crippen molar-refractivity contribution < 1.29 is 0 Å². The van der Waals surface area contributed by atoms with Crippen LogP contribution in [-0.4, -0.2) is 0 Å². The van der Waals surface area contributed by atoms with Crippen LogP contribution in [0.1, 0.15) is 0 Å². The van der Waals surface area contributed by atoms with Crippen molar-refractivity contribution in [2.75, 3.05) is 0 Å². The fourth-order valence-electron chi connectivity index (χ4n) is 2.88. The van der Waals surface area contributed by atoms with Gasteiger partial charge in [-0.1, -0.05) is 84.9 Å². The maximum Gasteiger partial charge on any atom is -0.00266 e. The normalized spacial score (nSPS) is 10.7. The number of rotatable bonds is 2. The summed E-state index contributed by atoms with van der Waals surface area (Å²) < 4.78 is 0. The second-order valence-corrected chi connectivity index (χ2v) is 5.39. The van der Waals surface area contributed by atoms with Crippen LogP contribution in [0.5, 0.6) is 0 Å². The third-order valence-electron chi connectivity index (χ3n) is 3.98. The van der Waals surface area contributed by atoms with Crippen molar-refractivity contribution in [3.8, 4) is 22.3 Å². The number of hydrogen-bond acceptors (Lipinski definition) is 0. The minimum atomic E-state index is 1.15. The maximum absolute atomic E-state index is 3.40. The lowest BCUT2D eigenvalue weighted by molar-refractivity contribution is 1.58. The average Bonchev–Trinajstić information content (AvgIpc) is 2.62. The Morgan fingerprint density at radius 1 is 0.545 bits per heavy atom. The van der Waals surface area contributed by atoms with E-state index in [1.807, 2.05) is 12.1 Å². The SMILES string of the molecule is [c]1cccc(-c2ccc3ccccc3c2)c1-c1ccccc1. The molecule has 0 heteroatoms. The number of hydrogen-bond donors (Lipinski definition) is 0. The summed E-state index contributed by atoms with van der Waals surface area (Å²) in [6.07, 6.45) is 0. The van der Waals surface area contributed by atoms with Gasteiger partial charge >= 0.3 is 0 Å². The van der Waals surface area contributed by atoms with E-state index in [-0.39, 0.29) is 0 Å². The lowest BCUT2D eigenvalue weighted by Crippen LogP contribution is -1.85. The zero-order chi connectivity index (χ0) is 14.8. The number of fused-ring (bicyclic) bond motifs is 1. The molecule has 4 aromatic carbocycles. The van der Waals surface area contributed by atoms with E-state index >= 15 is 0 Å². The van der Waals surface area contributed by atoms with E-state index in [4.69, 9.17) is 0 Å². The zero-order valence-corrected chi connectivity index (χ0v) is 12.2. The summed E-state index contributed by atoms with van der Waals surface area (Å²) in [5.41, 5.74) is 4.80. The quantitative estimate of drug-likeness (QED) is 0.424. The Morgan fingerprint density at radius 2 is 1.32 bits per heavy atom. The highest BCUT2D eigenvalue weighted by atomic mass is 14.1. The second-order valence-electron chi connectivity index (χ2n) is 5.39. The van der Waals surface area contributed by atoms with E-state index in [0.29, 0.717) is 0 Å². The highest BCUT2D eigenvalue weighted by molar-refractivity contribution is 5.91. The minimum absolute atomic E-state index is 1.15. The van der Waals surface area contributed by atoms with Gasteiger partial charge in [0.05, 0.1) is 0 Å².